The predicted octanol–water partition coefficient (Wildman–Crippen LogP) is 2.48. The Hall–Kier alpha value is -1.39. The molecule has 1 saturated carbocycles. The fourth-order valence-corrected chi connectivity index (χ4v) is 4.70. The van der Waals surface area contributed by atoms with E-state index < -0.39 is 5.60 Å². The third-order valence-corrected chi connectivity index (χ3v) is 6.32. The molecule has 3 fully saturated rings. The molecule has 1 atom stereocenters. The fraction of sp³-hybridized carbons (Fsp3) is 0.667. The number of rotatable bonds is 4. The first-order valence-electron chi connectivity index (χ1n) is 9.82. The van der Waals surface area contributed by atoms with Crippen molar-refractivity contribution in [2.75, 3.05) is 32.7 Å². The number of hydrogen-bond donors (Lipinski definition) is 1. The number of benzene rings is 1. The van der Waals surface area contributed by atoms with Crippen LogP contribution in [0.5, 0.6) is 0 Å². The molecule has 136 valence electrons. The Morgan fingerprint density at radius 2 is 1.72 bits per heavy atom. The lowest BCUT2D eigenvalue weighted by Gasteiger charge is -2.42. The smallest absolute Gasteiger partial charge is 0.233 e. The van der Waals surface area contributed by atoms with Crippen LogP contribution in [-0.2, 0) is 10.2 Å². The lowest BCUT2D eigenvalue weighted by atomic mass is 9.88. The van der Waals surface area contributed by atoms with Crippen LogP contribution in [0.15, 0.2) is 24.3 Å². The van der Waals surface area contributed by atoms with Crippen molar-refractivity contribution >= 4 is 5.91 Å². The molecule has 1 aliphatic carbocycles. The number of β-amino-alcohol motifs (C(OH)–C–C–N with tert-alkyl or cyclic N) is 1. The number of nitrogens with zero attached hydrogens (tertiary/aromatic N) is 2. The largest absolute Gasteiger partial charge is 0.387 e. The van der Waals surface area contributed by atoms with E-state index in [2.05, 4.69) is 36.1 Å². The Morgan fingerprint density at radius 1 is 1.04 bits per heavy atom. The van der Waals surface area contributed by atoms with E-state index in [0.717, 1.165) is 50.9 Å². The molecule has 4 heteroatoms. The Kier molecular flexibility index (Phi) is 4.37. The monoisotopic (exact) mass is 342 g/mol. The molecule has 2 saturated heterocycles. The average Bonchev–Trinajstić information content (AvgIpc) is 3.26. The Balaban J connectivity index is 1.47. The summed E-state index contributed by atoms with van der Waals surface area (Å²) in [5, 5.41) is 11.1. The van der Waals surface area contributed by atoms with Gasteiger partial charge in [0.05, 0.1) is 17.6 Å². The first-order chi connectivity index (χ1) is 12.0. The molecular weight excluding hydrogens is 312 g/mol. The normalized spacial score (nSPS) is 29.0. The van der Waals surface area contributed by atoms with Crippen LogP contribution in [0.2, 0.25) is 0 Å². The molecule has 4 rings (SSSR count). The summed E-state index contributed by atoms with van der Waals surface area (Å²) >= 11 is 0. The van der Waals surface area contributed by atoms with E-state index in [4.69, 9.17) is 0 Å². The molecule has 0 radical (unpaired) electrons. The lowest BCUT2D eigenvalue weighted by Crippen LogP contribution is -2.56. The molecule has 2 aliphatic heterocycles. The van der Waals surface area contributed by atoms with Gasteiger partial charge in [0.15, 0.2) is 0 Å². The number of aryl methyl sites for hydroxylation is 1. The van der Waals surface area contributed by atoms with Crippen LogP contribution in [0, 0.1) is 6.92 Å². The van der Waals surface area contributed by atoms with E-state index >= 15 is 0 Å². The summed E-state index contributed by atoms with van der Waals surface area (Å²) in [5.41, 5.74) is 1.32. The molecule has 25 heavy (non-hydrogen) atoms. The summed E-state index contributed by atoms with van der Waals surface area (Å²) in [7, 11) is 0. The number of hydrogen-bond acceptors (Lipinski definition) is 3. The molecule has 2 heterocycles. The topological polar surface area (TPSA) is 43.8 Å². The summed E-state index contributed by atoms with van der Waals surface area (Å²) in [5.74, 6) is 0.232. The van der Waals surface area contributed by atoms with Gasteiger partial charge < -0.3 is 14.9 Å². The second-order valence-electron chi connectivity index (χ2n) is 8.49. The van der Waals surface area contributed by atoms with Gasteiger partial charge in [-0.05, 0) is 64.1 Å². The van der Waals surface area contributed by atoms with Crippen LogP contribution in [0.25, 0.3) is 0 Å². The number of piperidine rings is 1. The third-order valence-electron chi connectivity index (χ3n) is 6.32. The van der Waals surface area contributed by atoms with Gasteiger partial charge >= 0.3 is 0 Å². The van der Waals surface area contributed by atoms with E-state index in [9.17, 15) is 9.90 Å². The number of likely N-dealkylation sites (tertiary alicyclic amines) is 2. The van der Waals surface area contributed by atoms with Crippen molar-refractivity contribution in [3.63, 3.8) is 0 Å². The Bertz CT molecular complexity index is 632. The number of carbonyl (C=O) groups is 1. The van der Waals surface area contributed by atoms with Crippen LogP contribution in [-0.4, -0.2) is 59.1 Å². The van der Waals surface area contributed by atoms with Crippen LogP contribution in [0.3, 0.4) is 0 Å². The maximum atomic E-state index is 13.3. The standard InChI is InChI=1S/C21H30N2O2/c1-17-5-7-18(8-6-17)21(10-11-21)19(24)23-14-4-9-20(25,16-23)15-22-12-2-3-13-22/h5-8,25H,2-4,9-16H2,1H3/t20-/m1/s1. The van der Waals surface area contributed by atoms with Crippen molar-refractivity contribution < 1.29 is 9.90 Å². The maximum Gasteiger partial charge on any atom is 0.233 e. The highest BCUT2D eigenvalue weighted by Gasteiger charge is 2.54. The molecule has 0 spiro atoms. The molecule has 4 nitrogen and oxygen atoms in total. The minimum absolute atomic E-state index is 0.232. The van der Waals surface area contributed by atoms with E-state index in [-0.39, 0.29) is 11.3 Å². The summed E-state index contributed by atoms with van der Waals surface area (Å²) in [6.07, 6.45) is 6.06. The zero-order chi connectivity index (χ0) is 17.5. The zero-order valence-electron chi connectivity index (χ0n) is 15.3. The van der Waals surface area contributed by atoms with Crippen LogP contribution < -0.4 is 0 Å². The molecule has 1 aromatic rings. The quantitative estimate of drug-likeness (QED) is 0.914. The molecule has 1 aromatic carbocycles. The second kappa shape index (κ2) is 6.40. The molecule has 0 aromatic heterocycles. The van der Waals surface area contributed by atoms with Gasteiger partial charge in [-0.2, -0.15) is 0 Å². The van der Waals surface area contributed by atoms with Crippen molar-refractivity contribution in [3.05, 3.63) is 35.4 Å². The van der Waals surface area contributed by atoms with Gasteiger partial charge in [0.2, 0.25) is 5.91 Å². The Labute approximate surface area is 150 Å². The molecule has 1 amide bonds. The second-order valence-corrected chi connectivity index (χ2v) is 8.49. The van der Waals surface area contributed by atoms with Gasteiger partial charge in [-0.15, -0.1) is 0 Å². The van der Waals surface area contributed by atoms with Gasteiger partial charge in [0.1, 0.15) is 0 Å². The zero-order valence-corrected chi connectivity index (χ0v) is 15.3. The minimum atomic E-state index is -0.735. The highest BCUT2D eigenvalue weighted by Crippen LogP contribution is 2.50. The van der Waals surface area contributed by atoms with Crippen molar-refractivity contribution in [1.29, 1.82) is 0 Å². The van der Waals surface area contributed by atoms with Crippen LogP contribution >= 0.6 is 0 Å². The van der Waals surface area contributed by atoms with E-state index in [1.807, 2.05) is 4.90 Å². The van der Waals surface area contributed by atoms with Crippen molar-refractivity contribution in [2.45, 2.75) is 56.5 Å². The Morgan fingerprint density at radius 3 is 2.36 bits per heavy atom. The number of carbonyl (C=O) groups excluding carboxylic acids is 1. The summed E-state index contributed by atoms with van der Waals surface area (Å²) < 4.78 is 0. The number of aliphatic hydroxyl groups is 1. The van der Waals surface area contributed by atoms with E-state index in [0.29, 0.717) is 13.1 Å². The van der Waals surface area contributed by atoms with Gasteiger partial charge in [-0.1, -0.05) is 29.8 Å². The molecule has 0 unspecified atom stereocenters. The highest BCUT2D eigenvalue weighted by molar-refractivity contribution is 5.91. The van der Waals surface area contributed by atoms with Gasteiger partial charge in [-0.25, -0.2) is 0 Å². The van der Waals surface area contributed by atoms with Gasteiger partial charge in [-0.3, -0.25) is 4.79 Å². The van der Waals surface area contributed by atoms with Crippen molar-refractivity contribution in [1.82, 2.24) is 9.80 Å². The molecule has 1 N–H and O–H groups in total. The summed E-state index contributed by atoms with van der Waals surface area (Å²) in [6.45, 7) is 6.25. The van der Waals surface area contributed by atoms with Crippen LogP contribution in [0.4, 0.5) is 0 Å². The third kappa shape index (κ3) is 3.34. The first kappa shape index (κ1) is 17.0. The SMILES string of the molecule is Cc1ccc(C2(C(=O)N3CCC[C@@](O)(CN4CCCC4)C3)CC2)cc1. The summed E-state index contributed by atoms with van der Waals surface area (Å²) in [4.78, 5) is 17.6. The van der Waals surface area contributed by atoms with Crippen molar-refractivity contribution in [3.8, 4) is 0 Å². The van der Waals surface area contributed by atoms with Gasteiger partial charge in [0, 0.05) is 13.1 Å². The first-order valence-corrected chi connectivity index (χ1v) is 9.82. The average molecular weight is 342 g/mol. The predicted molar refractivity (Wildman–Crippen MR) is 98.5 cm³/mol. The molecule has 0 bridgehead atoms. The lowest BCUT2D eigenvalue weighted by molar-refractivity contribution is -0.142. The molecular formula is C21H30N2O2. The summed E-state index contributed by atoms with van der Waals surface area (Å²) in [6, 6.07) is 8.42. The minimum Gasteiger partial charge on any atom is -0.387 e. The van der Waals surface area contributed by atoms with Gasteiger partial charge in [0.25, 0.3) is 0 Å². The maximum absolute atomic E-state index is 13.3. The van der Waals surface area contributed by atoms with Crippen molar-refractivity contribution in [2.24, 2.45) is 0 Å². The van der Waals surface area contributed by atoms with Crippen LogP contribution in [0.1, 0.15) is 49.7 Å². The number of amides is 1. The van der Waals surface area contributed by atoms with E-state index in [1.165, 1.54) is 18.4 Å². The fourth-order valence-electron chi connectivity index (χ4n) is 4.70. The molecule has 3 aliphatic rings. The van der Waals surface area contributed by atoms with E-state index in [1.54, 1.807) is 0 Å². The highest BCUT2D eigenvalue weighted by atomic mass is 16.3.